The van der Waals surface area contributed by atoms with Crippen molar-refractivity contribution in [2.45, 2.75) is 6.92 Å². The van der Waals surface area contributed by atoms with Crippen molar-refractivity contribution in [1.82, 2.24) is 10.6 Å². The molecule has 0 aromatic rings. The van der Waals surface area contributed by atoms with Crippen molar-refractivity contribution in [3.63, 3.8) is 0 Å². The molecule has 0 radical (unpaired) electrons. The molecule has 0 aliphatic carbocycles. The molecule has 1 heterocycles. The third kappa shape index (κ3) is 8.90. The van der Waals surface area contributed by atoms with Crippen LogP contribution in [0.1, 0.15) is 6.92 Å². The van der Waals surface area contributed by atoms with Gasteiger partial charge in [0.2, 0.25) is 5.91 Å². The maximum Gasteiger partial charge on any atom is 0.300 e. The molecule has 0 unspecified atom stereocenters. The van der Waals surface area contributed by atoms with Gasteiger partial charge in [0.05, 0.1) is 6.54 Å². The van der Waals surface area contributed by atoms with Gasteiger partial charge in [-0.25, -0.2) is 0 Å². The van der Waals surface area contributed by atoms with Crippen LogP contribution in [-0.4, -0.2) is 36.6 Å². The number of nitrogens with one attached hydrogen (secondary N) is 2. The van der Waals surface area contributed by atoms with Gasteiger partial charge in [-0.1, -0.05) is 0 Å². The summed E-state index contributed by atoms with van der Waals surface area (Å²) in [6.07, 6.45) is 0. The zero-order chi connectivity index (χ0) is 8.69. The fourth-order valence-electron chi connectivity index (χ4n) is 0.555. The van der Waals surface area contributed by atoms with Crippen LogP contribution in [0.3, 0.4) is 0 Å². The summed E-state index contributed by atoms with van der Waals surface area (Å²) in [4.78, 5) is 19.3. The molecule has 1 saturated heterocycles. The number of hydrogen-bond donors (Lipinski definition) is 3. The molecule has 11 heavy (non-hydrogen) atoms. The maximum atomic E-state index is 10.3. The zero-order valence-corrected chi connectivity index (χ0v) is 6.39. The molecule has 0 atom stereocenters. The quantitative estimate of drug-likeness (QED) is 0.416. The zero-order valence-electron chi connectivity index (χ0n) is 6.39. The van der Waals surface area contributed by atoms with E-state index >= 15 is 0 Å². The lowest BCUT2D eigenvalue weighted by Crippen LogP contribution is -2.44. The Kier molecular flexibility index (Phi) is 5.10. The minimum atomic E-state index is -0.833. The van der Waals surface area contributed by atoms with E-state index in [1.165, 1.54) is 0 Å². The summed E-state index contributed by atoms with van der Waals surface area (Å²) < 4.78 is 0. The van der Waals surface area contributed by atoms with Crippen LogP contribution in [0.15, 0.2) is 0 Å². The van der Waals surface area contributed by atoms with Crippen LogP contribution in [0.2, 0.25) is 0 Å². The fourth-order valence-corrected chi connectivity index (χ4v) is 0.555. The topological polar surface area (TPSA) is 78.4 Å². The highest BCUT2D eigenvalue weighted by atomic mass is 16.4. The highest BCUT2D eigenvalue weighted by Crippen LogP contribution is 1.69. The predicted molar refractivity (Wildman–Crippen MR) is 39.2 cm³/mol. The fraction of sp³-hybridized carbons (Fsp3) is 0.667. The van der Waals surface area contributed by atoms with Crippen LogP contribution in [0.25, 0.3) is 0 Å². The van der Waals surface area contributed by atoms with E-state index in [4.69, 9.17) is 9.90 Å². The lowest BCUT2D eigenvalue weighted by Gasteiger charge is -2.11. The molecule has 0 bridgehead atoms. The van der Waals surface area contributed by atoms with Gasteiger partial charge in [0, 0.05) is 20.0 Å². The van der Waals surface area contributed by atoms with Gasteiger partial charge in [-0.2, -0.15) is 0 Å². The molecule has 0 aromatic heterocycles. The Morgan fingerprint density at radius 3 is 2.27 bits per heavy atom. The van der Waals surface area contributed by atoms with Crippen LogP contribution in [-0.2, 0) is 9.59 Å². The highest BCUT2D eigenvalue weighted by Gasteiger charge is 2.02. The van der Waals surface area contributed by atoms with Gasteiger partial charge in [0.15, 0.2) is 0 Å². The second-order valence-corrected chi connectivity index (χ2v) is 2.05. The first-order chi connectivity index (χ1) is 5.13. The summed E-state index contributed by atoms with van der Waals surface area (Å²) in [7, 11) is 0. The van der Waals surface area contributed by atoms with Gasteiger partial charge in [-0.05, 0) is 0 Å². The number of carbonyl (C=O) groups excluding carboxylic acids is 1. The van der Waals surface area contributed by atoms with Gasteiger partial charge < -0.3 is 15.7 Å². The Balaban J connectivity index is 0.000000218. The number of aliphatic carboxylic acids is 1. The average molecular weight is 160 g/mol. The molecule has 1 fully saturated rings. The normalized spacial score (nSPS) is 15.9. The van der Waals surface area contributed by atoms with Crippen molar-refractivity contribution in [3.05, 3.63) is 0 Å². The van der Waals surface area contributed by atoms with Gasteiger partial charge in [-0.3, -0.25) is 9.59 Å². The second-order valence-electron chi connectivity index (χ2n) is 2.05. The first kappa shape index (κ1) is 9.90. The summed E-state index contributed by atoms with van der Waals surface area (Å²) in [5.74, 6) is -0.730. The molecule has 1 amide bonds. The Morgan fingerprint density at radius 2 is 2.09 bits per heavy atom. The van der Waals surface area contributed by atoms with Crippen molar-refractivity contribution in [2.75, 3.05) is 19.6 Å². The SMILES string of the molecule is CC(=O)O.O=C1CNCCN1. The van der Waals surface area contributed by atoms with Crippen molar-refractivity contribution < 1.29 is 14.7 Å². The van der Waals surface area contributed by atoms with Crippen molar-refractivity contribution in [2.24, 2.45) is 0 Å². The lowest BCUT2D eigenvalue weighted by atomic mass is 10.4. The van der Waals surface area contributed by atoms with Crippen molar-refractivity contribution in [1.29, 1.82) is 0 Å². The molecular formula is C6H12N2O3. The molecule has 0 spiro atoms. The van der Waals surface area contributed by atoms with Gasteiger partial charge in [-0.15, -0.1) is 0 Å². The molecule has 3 N–H and O–H groups in total. The van der Waals surface area contributed by atoms with E-state index in [1.54, 1.807) is 0 Å². The molecule has 5 heteroatoms. The Hall–Kier alpha value is -1.10. The minimum absolute atomic E-state index is 0.103. The highest BCUT2D eigenvalue weighted by molar-refractivity contribution is 5.78. The van der Waals surface area contributed by atoms with Gasteiger partial charge in [0.1, 0.15) is 0 Å². The largest absolute Gasteiger partial charge is 0.481 e. The summed E-state index contributed by atoms with van der Waals surface area (Å²) in [5, 5.41) is 13.0. The Labute approximate surface area is 64.8 Å². The molecule has 0 aromatic carbocycles. The first-order valence-electron chi connectivity index (χ1n) is 3.30. The molecule has 0 saturated carbocycles. The van der Waals surface area contributed by atoms with E-state index < -0.39 is 5.97 Å². The monoisotopic (exact) mass is 160 g/mol. The number of hydrogen-bond acceptors (Lipinski definition) is 3. The maximum absolute atomic E-state index is 10.3. The summed E-state index contributed by atoms with van der Waals surface area (Å²) in [5.41, 5.74) is 0. The van der Waals surface area contributed by atoms with Crippen LogP contribution < -0.4 is 10.6 Å². The lowest BCUT2D eigenvalue weighted by molar-refractivity contribution is -0.134. The molecule has 1 aliphatic heterocycles. The summed E-state index contributed by atoms with van der Waals surface area (Å²) in [6.45, 7) is 3.25. The van der Waals surface area contributed by atoms with E-state index in [9.17, 15) is 4.79 Å². The van der Waals surface area contributed by atoms with E-state index in [0.717, 1.165) is 20.0 Å². The first-order valence-corrected chi connectivity index (χ1v) is 3.30. The summed E-state index contributed by atoms with van der Waals surface area (Å²) >= 11 is 0. The number of carboxylic acid groups (broad SMARTS) is 1. The average Bonchev–Trinajstić information content (AvgIpc) is 1.87. The number of carboxylic acids is 1. The van der Waals surface area contributed by atoms with Crippen molar-refractivity contribution in [3.8, 4) is 0 Å². The van der Waals surface area contributed by atoms with E-state index in [2.05, 4.69) is 10.6 Å². The minimum Gasteiger partial charge on any atom is -0.481 e. The van der Waals surface area contributed by atoms with E-state index in [-0.39, 0.29) is 5.91 Å². The smallest absolute Gasteiger partial charge is 0.300 e. The molecule has 1 aliphatic rings. The van der Waals surface area contributed by atoms with Gasteiger partial charge >= 0.3 is 0 Å². The van der Waals surface area contributed by atoms with Crippen LogP contribution in [0.5, 0.6) is 0 Å². The van der Waals surface area contributed by atoms with Crippen molar-refractivity contribution >= 4 is 11.9 Å². The van der Waals surface area contributed by atoms with Crippen LogP contribution in [0.4, 0.5) is 0 Å². The second kappa shape index (κ2) is 5.67. The van der Waals surface area contributed by atoms with E-state index in [0.29, 0.717) is 6.54 Å². The third-order valence-electron chi connectivity index (χ3n) is 0.910. The molecule has 5 nitrogen and oxygen atoms in total. The number of rotatable bonds is 0. The van der Waals surface area contributed by atoms with Crippen LogP contribution in [0, 0.1) is 0 Å². The van der Waals surface area contributed by atoms with Gasteiger partial charge in [0.25, 0.3) is 5.97 Å². The molecule has 64 valence electrons. The predicted octanol–water partition coefficient (Wildman–Crippen LogP) is -1.20. The number of piperazine rings is 1. The third-order valence-corrected chi connectivity index (χ3v) is 0.910. The Morgan fingerprint density at radius 1 is 1.55 bits per heavy atom. The summed E-state index contributed by atoms with van der Waals surface area (Å²) in [6, 6.07) is 0. The molecular weight excluding hydrogens is 148 g/mol. The van der Waals surface area contributed by atoms with E-state index in [1.807, 2.05) is 0 Å². The van der Waals surface area contributed by atoms with Crippen LogP contribution >= 0.6 is 0 Å². The number of amides is 1. The molecule has 1 rings (SSSR count). The Bertz CT molecular complexity index is 135. The standard InChI is InChI=1S/C4H8N2O.C2H4O2/c7-4-3-5-1-2-6-4;1-2(3)4/h5H,1-3H2,(H,6,7);1H3,(H,3,4). The number of carbonyl (C=O) groups is 2.